The van der Waals surface area contributed by atoms with Gasteiger partial charge in [0.15, 0.2) is 0 Å². The average molecular weight is 258 g/mol. The molecule has 1 heterocycles. The van der Waals surface area contributed by atoms with Gasteiger partial charge in [0.2, 0.25) is 0 Å². The molecular formula is C15H18N2O2. The lowest BCUT2D eigenvalue weighted by Gasteiger charge is -2.32. The van der Waals surface area contributed by atoms with E-state index < -0.39 is 5.60 Å². The zero-order valence-corrected chi connectivity index (χ0v) is 10.8. The lowest BCUT2D eigenvalue weighted by molar-refractivity contribution is -0.00199. The minimum atomic E-state index is -1.01. The molecule has 19 heavy (non-hydrogen) atoms. The van der Waals surface area contributed by atoms with E-state index in [0.717, 1.165) is 29.3 Å². The first kappa shape index (κ1) is 12.2. The molecule has 100 valence electrons. The first-order chi connectivity index (χ1) is 9.12. The largest absolute Gasteiger partial charge is 0.385 e. The minimum absolute atomic E-state index is 0.289. The lowest BCUT2D eigenvalue weighted by Crippen LogP contribution is -2.39. The SMILES string of the molecule is Nn1c(=O)c(C2(O)CCCCC2)cc2ccccc21. The van der Waals surface area contributed by atoms with Gasteiger partial charge < -0.3 is 10.9 Å². The number of pyridine rings is 1. The fourth-order valence-electron chi connectivity index (χ4n) is 3.02. The predicted molar refractivity (Wildman–Crippen MR) is 75.3 cm³/mol. The number of nitrogens with two attached hydrogens (primary N) is 1. The Morgan fingerprint density at radius 2 is 1.84 bits per heavy atom. The van der Waals surface area contributed by atoms with Gasteiger partial charge in [-0.15, -0.1) is 0 Å². The number of para-hydroxylation sites is 1. The molecule has 1 aliphatic carbocycles. The summed E-state index contributed by atoms with van der Waals surface area (Å²) in [5, 5.41) is 11.6. The van der Waals surface area contributed by atoms with Crippen molar-refractivity contribution in [2.24, 2.45) is 0 Å². The number of hydrogen-bond acceptors (Lipinski definition) is 3. The van der Waals surface area contributed by atoms with Crippen LogP contribution in [0.1, 0.15) is 37.7 Å². The van der Waals surface area contributed by atoms with Crippen LogP contribution in [0.2, 0.25) is 0 Å². The second kappa shape index (κ2) is 4.38. The van der Waals surface area contributed by atoms with Gasteiger partial charge in [0.1, 0.15) is 0 Å². The molecule has 0 atom stereocenters. The lowest BCUT2D eigenvalue weighted by atomic mass is 9.80. The Hall–Kier alpha value is -1.81. The zero-order chi connectivity index (χ0) is 13.5. The summed E-state index contributed by atoms with van der Waals surface area (Å²) in [7, 11) is 0. The third-order valence-electron chi connectivity index (χ3n) is 4.13. The molecule has 0 unspecified atom stereocenters. The van der Waals surface area contributed by atoms with Crippen molar-refractivity contribution in [3.8, 4) is 0 Å². The van der Waals surface area contributed by atoms with Crippen LogP contribution < -0.4 is 11.4 Å². The molecule has 0 amide bonds. The van der Waals surface area contributed by atoms with Gasteiger partial charge >= 0.3 is 0 Å². The van der Waals surface area contributed by atoms with E-state index in [4.69, 9.17) is 5.84 Å². The molecule has 3 rings (SSSR count). The first-order valence-electron chi connectivity index (χ1n) is 6.74. The summed E-state index contributed by atoms with van der Waals surface area (Å²) in [6, 6.07) is 9.27. The molecule has 0 bridgehead atoms. The highest BCUT2D eigenvalue weighted by Crippen LogP contribution is 2.36. The van der Waals surface area contributed by atoms with Gasteiger partial charge in [0.05, 0.1) is 16.7 Å². The minimum Gasteiger partial charge on any atom is -0.385 e. The molecule has 1 aliphatic rings. The molecule has 1 fully saturated rings. The van der Waals surface area contributed by atoms with Crippen LogP contribution >= 0.6 is 0 Å². The van der Waals surface area contributed by atoms with Gasteiger partial charge in [-0.3, -0.25) is 4.79 Å². The Balaban J connectivity index is 2.24. The fourth-order valence-corrected chi connectivity index (χ4v) is 3.02. The summed E-state index contributed by atoms with van der Waals surface area (Å²) in [5.41, 5.74) is -0.173. The van der Waals surface area contributed by atoms with Crippen LogP contribution in [-0.4, -0.2) is 9.78 Å². The molecular weight excluding hydrogens is 240 g/mol. The number of nitrogens with zero attached hydrogens (tertiary/aromatic N) is 1. The number of hydrogen-bond donors (Lipinski definition) is 2. The Labute approximate surface area is 111 Å². The highest BCUT2D eigenvalue weighted by atomic mass is 16.3. The molecule has 4 nitrogen and oxygen atoms in total. The van der Waals surface area contributed by atoms with Crippen LogP contribution in [-0.2, 0) is 5.60 Å². The van der Waals surface area contributed by atoms with E-state index >= 15 is 0 Å². The molecule has 1 aromatic carbocycles. The smallest absolute Gasteiger partial charge is 0.275 e. The molecule has 0 spiro atoms. The van der Waals surface area contributed by atoms with Crippen LogP contribution in [0.15, 0.2) is 35.1 Å². The van der Waals surface area contributed by atoms with E-state index in [-0.39, 0.29) is 5.56 Å². The predicted octanol–water partition coefficient (Wildman–Crippen LogP) is 1.87. The Kier molecular flexibility index (Phi) is 2.82. The standard InChI is InChI=1S/C15H18N2O2/c16-17-13-7-3-2-6-11(13)10-12(14(17)18)15(19)8-4-1-5-9-15/h2-3,6-7,10,19H,1,4-5,8-9,16H2. The van der Waals surface area contributed by atoms with Gasteiger partial charge in [0, 0.05) is 5.39 Å². The maximum Gasteiger partial charge on any atom is 0.275 e. The molecule has 1 saturated carbocycles. The van der Waals surface area contributed by atoms with E-state index in [1.165, 1.54) is 0 Å². The van der Waals surface area contributed by atoms with Crippen LogP contribution in [0.3, 0.4) is 0 Å². The van der Waals surface area contributed by atoms with Crippen molar-refractivity contribution in [2.45, 2.75) is 37.7 Å². The number of aliphatic hydroxyl groups is 1. The van der Waals surface area contributed by atoms with Crippen molar-refractivity contribution < 1.29 is 5.11 Å². The summed E-state index contributed by atoms with van der Waals surface area (Å²) >= 11 is 0. The van der Waals surface area contributed by atoms with Gasteiger partial charge in [-0.25, -0.2) is 4.68 Å². The molecule has 3 N–H and O–H groups in total. The summed E-state index contributed by atoms with van der Waals surface area (Å²) < 4.78 is 1.15. The van der Waals surface area contributed by atoms with Crippen LogP contribution in [0, 0.1) is 0 Å². The number of nitrogen functional groups attached to an aromatic ring is 1. The van der Waals surface area contributed by atoms with Gasteiger partial charge in [0.25, 0.3) is 5.56 Å². The van der Waals surface area contributed by atoms with Crippen molar-refractivity contribution in [3.63, 3.8) is 0 Å². The van der Waals surface area contributed by atoms with E-state index in [1.807, 2.05) is 24.3 Å². The fraction of sp³-hybridized carbons (Fsp3) is 0.400. The maximum absolute atomic E-state index is 12.4. The third kappa shape index (κ3) is 1.92. The third-order valence-corrected chi connectivity index (χ3v) is 4.13. The molecule has 0 saturated heterocycles. The molecule has 0 aliphatic heterocycles. The maximum atomic E-state index is 12.4. The Bertz CT molecular complexity index is 669. The average Bonchev–Trinajstić information content (AvgIpc) is 2.43. The number of fused-ring (bicyclic) bond motifs is 1. The van der Waals surface area contributed by atoms with E-state index in [0.29, 0.717) is 23.9 Å². The van der Waals surface area contributed by atoms with Crippen molar-refractivity contribution in [2.75, 3.05) is 5.84 Å². The molecule has 2 aromatic rings. The summed E-state index contributed by atoms with van der Waals surface area (Å²) in [6.45, 7) is 0. The van der Waals surface area contributed by atoms with Crippen molar-refractivity contribution in [3.05, 3.63) is 46.2 Å². The van der Waals surface area contributed by atoms with Crippen LogP contribution in [0.4, 0.5) is 0 Å². The van der Waals surface area contributed by atoms with E-state index in [2.05, 4.69) is 0 Å². The van der Waals surface area contributed by atoms with Crippen molar-refractivity contribution in [1.29, 1.82) is 0 Å². The summed E-state index contributed by atoms with van der Waals surface area (Å²) in [6.07, 6.45) is 4.30. The summed E-state index contributed by atoms with van der Waals surface area (Å²) in [5.74, 6) is 5.88. The first-order valence-corrected chi connectivity index (χ1v) is 6.74. The van der Waals surface area contributed by atoms with E-state index in [9.17, 15) is 9.90 Å². The van der Waals surface area contributed by atoms with Crippen LogP contribution in [0.25, 0.3) is 10.9 Å². The van der Waals surface area contributed by atoms with E-state index in [1.54, 1.807) is 6.07 Å². The molecule has 1 aromatic heterocycles. The number of benzene rings is 1. The Morgan fingerprint density at radius 1 is 1.16 bits per heavy atom. The quantitative estimate of drug-likeness (QED) is 0.767. The highest BCUT2D eigenvalue weighted by Gasteiger charge is 2.34. The second-order valence-corrected chi connectivity index (χ2v) is 5.38. The van der Waals surface area contributed by atoms with Crippen LogP contribution in [0.5, 0.6) is 0 Å². The summed E-state index contributed by atoms with van der Waals surface area (Å²) in [4.78, 5) is 12.4. The molecule has 4 heteroatoms. The van der Waals surface area contributed by atoms with Crippen molar-refractivity contribution in [1.82, 2.24) is 4.68 Å². The zero-order valence-electron chi connectivity index (χ0n) is 10.8. The Morgan fingerprint density at radius 3 is 2.58 bits per heavy atom. The normalized spacial score (nSPS) is 18.6. The monoisotopic (exact) mass is 258 g/mol. The number of rotatable bonds is 1. The molecule has 0 radical (unpaired) electrons. The number of aromatic nitrogens is 1. The van der Waals surface area contributed by atoms with Gasteiger partial charge in [-0.1, -0.05) is 37.5 Å². The van der Waals surface area contributed by atoms with Crippen molar-refractivity contribution >= 4 is 10.9 Å². The second-order valence-electron chi connectivity index (χ2n) is 5.38. The van der Waals surface area contributed by atoms with Gasteiger partial charge in [-0.2, -0.15) is 0 Å². The highest BCUT2D eigenvalue weighted by molar-refractivity contribution is 5.79. The van der Waals surface area contributed by atoms with Gasteiger partial charge in [-0.05, 0) is 25.0 Å². The topological polar surface area (TPSA) is 68.2 Å².